The Morgan fingerprint density at radius 3 is 2.44 bits per heavy atom. The molecule has 0 aromatic rings. The van der Waals surface area contributed by atoms with Crippen molar-refractivity contribution < 1.29 is 14.7 Å². The maximum absolute atomic E-state index is 11.2. The minimum Gasteiger partial charge on any atom is -0.481 e. The largest absolute Gasteiger partial charge is 0.481 e. The van der Waals surface area contributed by atoms with E-state index in [1.54, 1.807) is 0 Å². The van der Waals surface area contributed by atoms with Crippen molar-refractivity contribution in [2.24, 2.45) is 5.92 Å². The molecule has 5 heteroatoms. The normalized spacial score (nSPS) is 30.3. The molecule has 0 spiro atoms. The van der Waals surface area contributed by atoms with Crippen LogP contribution in [0.5, 0.6) is 0 Å². The van der Waals surface area contributed by atoms with Crippen LogP contribution in [0.25, 0.3) is 0 Å². The van der Waals surface area contributed by atoms with Gasteiger partial charge in [0.15, 0.2) is 0 Å². The number of rotatable bonds is 3. The Balaban J connectivity index is 2.00. The molecule has 2 N–H and O–H groups in total. The Kier molecular flexibility index (Phi) is 4.22. The van der Waals surface area contributed by atoms with E-state index in [1.165, 1.54) is 32.6 Å². The van der Waals surface area contributed by atoms with Gasteiger partial charge in [-0.1, -0.05) is 12.8 Å². The first kappa shape index (κ1) is 13.3. The average Bonchev–Trinajstić information content (AvgIpc) is 2.80. The molecule has 2 unspecified atom stereocenters. The molecule has 1 heterocycles. The molecular weight excluding hydrogens is 232 g/mol. The number of nitrogens with zero attached hydrogens (tertiary/aromatic N) is 1. The third-order valence-electron chi connectivity index (χ3n) is 4.08. The summed E-state index contributed by atoms with van der Waals surface area (Å²) in [5, 5.41) is 12.1. The van der Waals surface area contributed by atoms with Gasteiger partial charge in [0.25, 0.3) is 0 Å². The molecule has 18 heavy (non-hydrogen) atoms. The maximum atomic E-state index is 11.2. The number of nitrogens with one attached hydrogen (secondary N) is 1. The summed E-state index contributed by atoms with van der Waals surface area (Å²) in [4.78, 5) is 24.6. The van der Waals surface area contributed by atoms with Crippen molar-refractivity contribution in [2.45, 2.75) is 51.1 Å². The summed E-state index contributed by atoms with van der Waals surface area (Å²) >= 11 is 0. The van der Waals surface area contributed by atoms with Crippen LogP contribution in [0.2, 0.25) is 0 Å². The first-order chi connectivity index (χ1) is 8.56. The third kappa shape index (κ3) is 3.22. The number of hydrogen-bond acceptors (Lipinski definition) is 3. The zero-order chi connectivity index (χ0) is 13.1. The van der Waals surface area contributed by atoms with Gasteiger partial charge in [-0.2, -0.15) is 0 Å². The van der Waals surface area contributed by atoms with Crippen molar-refractivity contribution in [3.63, 3.8) is 0 Å². The number of carboxylic acid groups (broad SMARTS) is 1. The van der Waals surface area contributed by atoms with Crippen molar-refractivity contribution in [3.8, 4) is 0 Å². The number of piperidine rings is 1. The molecule has 0 aromatic carbocycles. The van der Waals surface area contributed by atoms with E-state index < -0.39 is 5.97 Å². The van der Waals surface area contributed by atoms with Crippen molar-refractivity contribution in [3.05, 3.63) is 0 Å². The maximum Gasteiger partial charge on any atom is 0.307 e. The minimum atomic E-state index is -0.743. The van der Waals surface area contributed by atoms with Gasteiger partial charge in [-0.3, -0.25) is 14.5 Å². The van der Waals surface area contributed by atoms with Crippen LogP contribution in [0, 0.1) is 5.92 Å². The van der Waals surface area contributed by atoms with Gasteiger partial charge in [-0.25, -0.2) is 0 Å². The van der Waals surface area contributed by atoms with Crippen molar-refractivity contribution in [1.29, 1.82) is 0 Å². The summed E-state index contributed by atoms with van der Waals surface area (Å²) in [5.74, 6) is -1.17. The number of carbonyl (C=O) groups is 2. The average molecular weight is 254 g/mol. The summed E-state index contributed by atoms with van der Waals surface area (Å²) in [6.45, 7) is 2.92. The Hall–Kier alpha value is -1.10. The summed E-state index contributed by atoms with van der Waals surface area (Å²) < 4.78 is 0. The van der Waals surface area contributed by atoms with Gasteiger partial charge in [0, 0.05) is 32.1 Å². The summed E-state index contributed by atoms with van der Waals surface area (Å²) in [7, 11) is 0. The van der Waals surface area contributed by atoms with Crippen molar-refractivity contribution in [2.75, 3.05) is 13.1 Å². The second-order valence-electron chi connectivity index (χ2n) is 5.56. The highest BCUT2D eigenvalue weighted by atomic mass is 16.4. The van der Waals surface area contributed by atoms with Crippen molar-refractivity contribution in [1.82, 2.24) is 10.2 Å². The molecule has 102 valence electrons. The Labute approximate surface area is 108 Å². The third-order valence-corrected chi connectivity index (χ3v) is 4.08. The predicted octanol–water partition coefficient (Wildman–Crippen LogP) is 0.840. The van der Waals surface area contributed by atoms with Gasteiger partial charge in [-0.15, -0.1) is 0 Å². The second-order valence-corrected chi connectivity index (χ2v) is 5.56. The molecule has 0 radical (unpaired) electrons. The van der Waals surface area contributed by atoms with E-state index in [9.17, 15) is 14.7 Å². The van der Waals surface area contributed by atoms with Crippen LogP contribution in [0.1, 0.15) is 39.0 Å². The molecule has 2 rings (SSSR count). The van der Waals surface area contributed by atoms with E-state index in [0.717, 1.165) is 6.54 Å². The second kappa shape index (κ2) is 5.69. The Morgan fingerprint density at radius 1 is 1.22 bits per heavy atom. The van der Waals surface area contributed by atoms with Crippen LogP contribution >= 0.6 is 0 Å². The molecule has 2 atom stereocenters. The molecule has 5 nitrogen and oxygen atoms in total. The summed E-state index contributed by atoms with van der Waals surface area (Å²) in [6, 6.07) is 0.501. The molecule has 1 amide bonds. The van der Waals surface area contributed by atoms with Crippen LogP contribution in [0.3, 0.4) is 0 Å². The first-order valence-corrected chi connectivity index (χ1v) is 6.80. The summed E-state index contributed by atoms with van der Waals surface area (Å²) in [6.07, 6.45) is 5.36. The Bertz CT molecular complexity index is 326. The van der Waals surface area contributed by atoms with Gasteiger partial charge in [-0.05, 0) is 19.3 Å². The van der Waals surface area contributed by atoms with Gasteiger partial charge in [0.05, 0.1) is 5.92 Å². The lowest BCUT2D eigenvalue weighted by Gasteiger charge is -2.39. The highest BCUT2D eigenvalue weighted by Gasteiger charge is 2.35. The molecule has 0 aromatic heterocycles. The van der Waals surface area contributed by atoms with Gasteiger partial charge in [0.2, 0.25) is 5.91 Å². The number of likely N-dealkylation sites (tertiary alicyclic amines) is 1. The van der Waals surface area contributed by atoms with Gasteiger partial charge >= 0.3 is 5.97 Å². The standard InChI is InChI=1S/C13H22N2O3/c1-9(16)14-11-6-10(13(17)18)7-15(8-11)12-4-2-3-5-12/h10-12H,2-8H2,1H3,(H,14,16)(H,17,18). The lowest BCUT2D eigenvalue weighted by atomic mass is 9.92. The van der Waals surface area contributed by atoms with E-state index in [4.69, 9.17) is 0 Å². The van der Waals surface area contributed by atoms with E-state index in [2.05, 4.69) is 10.2 Å². The monoisotopic (exact) mass is 254 g/mol. The van der Waals surface area contributed by atoms with Crippen LogP contribution in [0.15, 0.2) is 0 Å². The molecule has 1 saturated carbocycles. The molecule has 1 saturated heterocycles. The van der Waals surface area contributed by atoms with Crippen LogP contribution in [-0.4, -0.2) is 47.1 Å². The first-order valence-electron chi connectivity index (χ1n) is 6.80. The fourth-order valence-electron chi connectivity index (χ4n) is 3.27. The smallest absolute Gasteiger partial charge is 0.307 e. The van der Waals surface area contributed by atoms with E-state index in [1.807, 2.05) is 0 Å². The SMILES string of the molecule is CC(=O)NC1CC(C(=O)O)CN(C2CCCC2)C1. The predicted molar refractivity (Wildman–Crippen MR) is 67.2 cm³/mol. The topological polar surface area (TPSA) is 69.6 Å². The molecule has 0 bridgehead atoms. The molecule has 1 aliphatic carbocycles. The van der Waals surface area contributed by atoms with Crippen LogP contribution in [-0.2, 0) is 9.59 Å². The zero-order valence-electron chi connectivity index (χ0n) is 10.9. The molecule has 2 aliphatic rings. The molecule has 2 fully saturated rings. The highest BCUT2D eigenvalue weighted by Crippen LogP contribution is 2.28. The van der Waals surface area contributed by atoms with E-state index in [0.29, 0.717) is 19.0 Å². The van der Waals surface area contributed by atoms with Crippen LogP contribution in [0.4, 0.5) is 0 Å². The highest BCUT2D eigenvalue weighted by molar-refractivity contribution is 5.74. The van der Waals surface area contributed by atoms with Crippen molar-refractivity contribution >= 4 is 11.9 Å². The minimum absolute atomic E-state index is 0.0158. The fourth-order valence-corrected chi connectivity index (χ4v) is 3.27. The van der Waals surface area contributed by atoms with Gasteiger partial charge < -0.3 is 10.4 Å². The van der Waals surface area contributed by atoms with E-state index in [-0.39, 0.29) is 17.9 Å². The number of aliphatic carboxylic acids is 1. The lowest BCUT2D eigenvalue weighted by Crippen LogP contribution is -2.54. The molecule has 1 aliphatic heterocycles. The Morgan fingerprint density at radius 2 is 1.89 bits per heavy atom. The van der Waals surface area contributed by atoms with Gasteiger partial charge in [0.1, 0.15) is 0 Å². The quantitative estimate of drug-likeness (QED) is 0.783. The van der Waals surface area contributed by atoms with E-state index >= 15 is 0 Å². The number of carboxylic acids is 1. The summed E-state index contributed by atoms with van der Waals surface area (Å²) in [5.41, 5.74) is 0. The fraction of sp³-hybridized carbons (Fsp3) is 0.846. The number of amides is 1. The number of carbonyl (C=O) groups excluding carboxylic acids is 1. The molecular formula is C13H22N2O3. The number of hydrogen-bond donors (Lipinski definition) is 2. The zero-order valence-corrected chi connectivity index (χ0v) is 10.9. The van der Waals surface area contributed by atoms with Crippen LogP contribution < -0.4 is 5.32 Å². The lowest BCUT2D eigenvalue weighted by molar-refractivity contribution is -0.144.